The van der Waals surface area contributed by atoms with Gasteiger partial charge in [0, 0.05) is 11.8 Å². The number of tetrazole rings is 1. The molecular formula is C27H26N6O4. The molecule has 4 aromatic rings. The van der Waals surface area contributed by atoms with Crippen LogP contribution in [0.4, 0.5) is 11.6 Å². The van der Waals surface area contributed by atoms with E-state index < -0.39 is 6.04 Å². The molecule has 1 atom stereocenters. The van der Waals surface area contributed by atoms with Crippen LogP contribution in [0.2, 0.25) is 0 Å². The Hall–Kier alpha value is -4.86. The van der Waals surface area contributed by atoms with Crippen molar-refractivity contribution in [3.63, 3.8) is 0 Å². The summed E-state index contributed by atoms with van der Waals surface area (Å²) in [5.74, 6) is 1.94. The van der Waals surface area contributed by atoms with Crippen LogP contribution in [-0.4, -0.2) is 40.3 Å². The molecule has 0 radical (unpaired) electrons. The highest BCUT2D eigenvalue weighted by molar-refractivity contribution is 6.06. The first-order valence-electron chi connectivity index (χ1n) is 11.6. The maximum absolute atomic E-state index is 13.7. The van der Waals surface area contributed by atoms with Gasteiger partial charge in [-0.05, 0) is 52.7 Å². The maximum atomic E-state index is 13.7. The van der Waals surface area contributed by atoms with E-state index in [1.807, 2.05) is 61.5 Å². The fourth-order valence-electron chi connectivity index (χ4n) is 4.20. The first-order chi connectivity index (χ1) is 18.1. The number of hydrogen-bond donors (Lipinski definition) is 2. The summed E-state index contributed by atoms with van der Waals surface area (Å²) in [6, 6.07) is 22.2. The summed E-state index contributed by atoms with van der Waals surface area (Å²) >= 11 is 0. The molecule has 3 aromatic carbocycles. The Bertz CT molecular complexity index is 1430. The molecule has 0 aliphatic carbocycles. The van der Waals surface area contributed by atoms with Gasteiger partial charge in [-0.2, -0.15) is 4.68 Å². The van der Waals surface area contributed by atoms with Crippen molar-refractivity contribution in [2.24, 2.45) is 0 Å². The number of carbonyl (C=O) groups excluding carboxylic acids is 1. The van der Waals surface area contributed by atoms with Crippen LogP contribution in [-0.2, 0) is 11.4 Å². The van der Waals surface area contributed by atoms with Crippen LogP contribution in [0.1, 0.15) is 24.1 Å². The topological polar surface area (TPSA) is 112 Å². The van der Waals surface area contributed by atoms with Gasteiger partial charge < -0.3 is 24.8 Å². The fourth-order valence-corrected chi connectivity index (χ4v) is 4.20. The molecule has 0 bridgehead atoms. The standard InChI is InChI=1S/C27H26N6O4/c1-17-24(26(34)29-22-15-21(35-2)13-14-23(22)36-3)25(33-27(28-17)30-31-32-33)19-9-11-20(12-10-19)37-16-18-7-5-4-6-8-18/h4-15,25H,16H2,1-3H3,(H,29,34)(H,28,30,32)/t25-/m0/s1. The number of benzene rings is 3. The maximum Gasteiger partial charge on any atom is 0.255 e. The summed E-state index contributed by atoms with van der Waals surface area (Å²) in [7, 11) is 3.11. The molecule has 0 spiro atoms. The molecule has 5 rings (SSSR count). The number of methoxy groups -OCH3 is 2. The van der Waals surface area contributed by atoms with Gasteiger partial charge in [0.1, 0.15) is 29.9 Å². The Labute approximate surface area is 213 Å². The van der Waals surface area contributed by atoms with Crippen LogP contribution in [0.25, 0.3) is 0 Å². The number of hydrogen-bond acceptors (Lipinski definition) is 8. The Morgan fingerprint density at radius 3 is 2.49 bits per heavy atom. The Morgan fingerprint density at radius 1 is 1.00 bits per heavy atom. The van der Waals surface area contributed by atoms with Gasteiger partial charge in [0.15, 0.2) is 0 Å². The van der Waals surface area contributed by atoms with Crippen LogP contribution >= 0.6 is 0 Å². The van der Waals surface area contributed by atoms with Gasteiger partial charge >= 0.3 is 0 Å². The second-order valence-electron chi connectivity index (χ2n) is 8.38. The smallest absolute Gasteiger partial charge is 0.255 e. The molecule has 1 aliphatic heterocycles. The highest BCUT2D eigenvalue weighted by Crippen LogP contribution is 2.37. The van der Waals surface area contributed by atoms with E-state index in [-0.39, 0.29) is 5.91 Å². The minimum absolute atomic E-state index is 0.327. The number of ether oxygens (including phenoxy) is 3. The predicted molar refractivity (Wildman–Crippen MR) is 138 cm³/mol. The van der Waals surface area contributed by atoms with E-state index in [2.05, 4.69) is 26.2 Å². The van der Waals surface area contributed by atoms with Crippen molar-refractivity contribution in [3.05, 3.63) is 95.2 Å². The molecule has 1 aromatic heterocycles. The second kappa shape index (κ2) is 10.4. The van der Waals surface area contributed by atoms with Gasteiger partial charge in [0.2, 0.25) is 5.95 Å². The lowest BCUT2D eigenvalue weighted by atomic mass is 9.95. The molecule has 188 valence electrons. The van der Waals surface area contributed by atoms with Gasteiger partial charge in [-0.25, -0.2) is 0 Å². The molecular weight excluding hydrogens is 472 g/mol. The normalized spacial score (nSPS) is 14.4. The minimum atomic E-state index is -0.564. The Balaban J connectivity index is 1.44. The summed E-state index contributed by atoms with van der Waals surface area (Å²) in [4.78, 5) is 13.7. The van der Waals surface area contributed by atoms with Crippen molar-refractivity contribution < 1.29 is 19.0 Å². The number of anilines is 2. The van der Waals surface area contributed by atoms with E-state index in [9.17, 15) is 4.79 Å². The van der Waals surface area contributed by atoms with Crippen molar-refractivity contribution in [2.45, 2.75) is 19.6 Å². The van der Waals surface area contributed by atoms with Crippen molar-refractivity contribution in [1.82, 2.24) is 20.2 Å². The quantitative estimate of drug-likeness (QED) is 0.372. The summed E-state index contributed by atoms with van der Waals surface area (Å²) in [5.41, 5.74) is 3.48. The van der Waals surface area contributed by atoms with Crippen molar-refractivity contribution >= 4 is 17.5 Å². The van der Waals surface area contributed by atoms with Crippen molar-refractivity contribution in [2.75, 3.05) is 24.9 Å². The van der Waals surface area contributed by atoms with Crippen LogP contribution in [0, 0.1) is 0 Å². The number of nitrogens with one attached hydrogen (secondary N) is 2. The zero-order chi connectivity index (χ0) is 25.8. The summed E-state index contributed by atoms with van der Waals surface area (Å²) in [5, 5.41) is 18.1. The summed E-state index contributed by atoms with van der Waals surface area (Å²) < 4.78 is 18.3. The van der Waals surface area contributed by atoms with Crippen LogP contribution in [0.3, 0.4) is 0 Å². The zero-order valence-electron chi connectivity index (χ0n) is 20.6. The monoisotopic (exact) mass is 498 g/mol. The molecule has 0 saturated heterocycles. The lowest BCUT2D eigenvalue weighted by Crippen LogP contribution is -2.31. The van der Waals surface area contributed by atoms with Gasteiger partial charge in [0.05, 0.1) is 25.5 Å². The SMILES string of the molecule is COc1ccc(OC)c(NC(=O)C2=C(C)Nc3nnnn3[C@H]2c2ccc(OCc3ccccc3)cc2)c1. The lowest BCUT2D eigenvalue weighted by molar-refractivity contribution is -0.113. The van der Waals surface area contributed by atoms with E-state index in [0.29, 0.717) is 46.8 Å². The first-order valence-corrected chi connectivity index (χ1v) is 11.6. The molecule has 10 nitrogen and oxygen atoms in total. The summed E-state index contributed by atoms with van der Waals surface area (Å²) in [6.07, 6.45) is 0. The molecule has 0 saturated carbocycles. The zero-order valence-corrected chi connectivity index (χ0v) is 20.6. The fraction of sp³-hybridized carbons (Fsp3) is 0.185. The van der Waals surface area contributed by atoms with Crippen molar-refractivity contribution in [1.29, 1.82) is 0 Å². The van der Waals surface area contributed by atoms with E-state index in [0.717, 1.165) is 11.1 Å². The molecule has 37 heavy (non-hydrogen) atoms. The minimum Gasteiger partial charge on any atom is -0.497 e. The largest absolute Gasteiger partial charge is 0.497 e. The molecule has 0 fully saturated rings. The van der Waals surface area contributed by atoms with E-state index in [4.69, 9.17) is 14.2 Å². The molecule has 2 heterocycles. The van der Waals surface area contributed by atoms with Gasteiger partial charge in [0.25, 0.3) is 5.91 Å². The number of carbonyl (C=O) groups is 1. The first kappa shape index (κ1) is 23.9. The van der Waals surface area contributed by atoms with Crippen LogP contribution in [0.5, 0.6) is 17.2 Å². The lowest BCUT2D eigenvalue weighted by Gasteiger charge is -2.28. The third-order valence-corrected chi connectivity index (χ3v) is 6.06. The molecule has 2 N–H and O–H groups in total. The van der Waals surface area contributed by atoms with Crippen LogP contribution < -0.4 is 24.8 Å². The van der Waals surface area contributed by atoms with Gasteiger partial charge in [-0.15, -0.1) is 0 Å². The van der Waals surface area contributed by atoms with Crippen LogP contribution in [0.15, 0.2) is 84.1 Å². The van der Waals surface area contributed by atoms with Gasteiger partial charge in [-0.1, -0.05) is 47.6 Å². The highest BCUT2D eigenvalue weighted by Gasteiger charge is 2.34. The molecule has 0 unspecified atom stereocenters. The second-order valence-corrected chi connectivity index (χ2v) is 8.38. The number of rotatable bonds is 8. The third-order valence-electron chi connectivity index (χ3n) is 6.06. The van der Waals surface area contributed by atoms with Crippen molar-refractivity contribution in [3.8, 4) is 17.2 Å². The Kier molecular flexibility index (Phi) is 6.71. The number of nitrogens with zero attached hydrogens (tertiary/aromatic N) is 4. The molecule has 1 amide bonds. The Morgan fingerprint density at radius 2 is 1.76 bits per heavy atom. The number of fused-ring (bicyclic) bond motifs is 1. The summed E-state index contributed by atoms with van der Waals surface area (Å²) in [6.45, 7) is 2.28. The predicted octanol–water partition coefficient (Wildman–Crippen LogP) is 4.20. The van der Waals surface area contributed by atoms with E-state index >= 15 is 0 Å². The third kappa shape index (κ3) is 4.94. The highest BCUT2D eigenvalue weighted by atomic mass is 16.5. The van der Waals surface area contributed by atoms with Gasteiger partial charge in [-0.3, -0.25) is 4.79 Å². The number of aromatic nitrogens is 4. The molecule has 10 heteroatoms. The molecule has 1 aliphatic rings. The average Bonchev–Trinajstić information content (AvgIpc) is 3.40. The average molecular weight is 499 g/mol. The number of amides is 1. The number of allylic oxidation sites excluding steroid dienone is 1. The van der Waals surface area contributed by atoms with E-state index in [1.165, 1.54) is 0 Å². The van der Waals surface area contributed by atoms with E-state index in [1.54, 1.807) is 37.1 Å².